The molecule has 6 heteroatoms. The van der Waals surface area contributed by atoms with Gasteiger partial charge in [-0.2, -0.15) is 0 Å². The molecule has 3 amide bonds. The first-order chi connectivity index (χ1) is 8.54. The maximum Gasteiger partial charge on any atom is 0.315 e. The van der Waals surface area contributed by atoms with Gasteiger partial charge < -0.3 is 20.3 Å². The first-order valence-electron chi connectivity index (χ1n) is 6.36. The van der Waals surface area contributed by atoms with Crippen LogP contribution >= 0.6 is 0 Å². The summed E-state index contributed by atoms with van der Waals surface area (Å²) >= 11 is 0. The Hall–Kier alpha value is -1.30. The zero-order valence-corrected chi connectivity index (χ0v) is 11.8. The Morgan fingerprint density at radius 3 is 2.39 bits per heavy atom. The van der Waals surface area contributed by atoms with Crippen LogP contribution in [0.2, 0.25) is 0 Å². The van der Waals surface area contributed by atoms with Gasteiger partial charge in [-0.05, 0) is 20.8 Å². The zero-order chi connectivity index (χ0) is 14.0. The molecule has 0 aromatic rings. The quantitative estimate of drug-likeness (QED) is 0.670. The second-order valence-electron chi connectivity index (χ2n) is 4.07. The van der Waals surface area contributed by atoms with E-state index in [0.29, 0.717) is 32.7 Å². The minimum atomic E-state index is -0.271. The summed E-state index contributed by atoms with van der Waals surface area (Å²) in [5.74, 6) is 0.0604. The Morgan fingerprint density at radius 1 is 1.28 bits per heavy atom. The number of urea groups is 1. The summed E-state index contributed by atoms with van der Waals surface area (Å²) in [5.41, 5.74) is 0. The maximum absolute atomic E-state index is 11.6. The zero-order valence-electron chi connectivity index (χ0n) is 11.8. The van der Waals surface area contributed by atoms with Gasteiger partial charge in [0, 0.05) is 33.2 Å². The summed E-state index contributed by atoms with van der Waals surface area (Å²) in [6.45, 7) is 7.94. The van der Waals surface area contributed by atoms with Crippen molar-refractivity contribution in [3.63, 3.8) is 0 Å². The highest BCUT2D eigenvalue weighted by atomic mass is 16.5. The molecule has 6 nitrogen and oxygen atoms in total. The molecule has 0 aliphatic rings. The molecule has 0 heterocycles. The normalized spacial score (nSPS) is 11.8. The topological polar surface area (TPSA) is 70.7 Å². The highest BCUT2D eigenvalue weighted by Crippen LogP contribution is 1.92. The van der Waals surface area contributed by atoms with Crippen LogP contribution in [0.4, 0.5) is 4.79 Å². The molecule has 0 fully saturated rings. The van der Waals surface area contributed by atoms with Crippen molar-refractivity contribution in [3.05, 3.63) is 0 Å². The van der Waals surface area contributed by atoms with Crippen molar-refractivity contribution >= 4 is 11.9 Å². The van der Waals surface area contributed by atoms with Crippen LogP contribution in [0.15, 0.2) is 0 Å². The maximum atomic E-state index is 11.6. The van der Waals surface area contributed by atoms with E-state index in [9.17, 15) is 9.59 Å². The van der Waals surface area contributed by atoms with E-state index in [-0.39, 0.29) is 18.0 Å². The van der Waals surface area contributed by atoms with Gasteiger partial charge in [-0.25, -0.2) is 4.79 Å². The van der Waals surface area contributed by atoms with Crippen molar-refractivity contribution in [2.24, 2.45) is 0 Å². The van der Waals surface area contributed by atoms with Crippen LogP contribution in [0.25, 0.3) is 0 Å². The van der Waals surface area contributed by atoms with Crippen molar-refractivity contribution in [2.45, 2.75) is 33.2 Å². The summed E-state index contributed by atoms with van der Waals surface area (Å²) in [6, 6.07) is -0.319. The van der Waals surface area contributed by atoms with Gasteiger partial charge in [0.2, 0.25) is 5.91 Å². The fourth-order valence-electron chi connectivity index (χ4n) is 1.58. The van der Waals surface area contributed by atoms with Gasteiger partial charge in [-0.3, -0.25) is 4.79 Å². The van der Waals surface area contributed by atoms with Crippen LogP contribution in [-0.2, 0) is 9.53 Å². The van der Waals surface area contributed by atoms with Gasteiger partial charge in [0.05, 0.1) is 12.6 Å². The number of methoxy groups -OCH3 is 1. The molecular weight excluding hydrogens is 234 g/mol. The molecule has 0 saturated heterocycles. The Labute approximate surface area is 109 Å². The Bertz CT molecular complexity index is 255. The van der Waals surface area contributed by atoms with Crippen LogP contribution < -0.4 is 10.6 Å². The lowest BCUT2D eigenvalue weighted by Gasteiger charge is -2.19. The molecule has 0 aliphatic heterocycles. The lowest BCUT2D eigenvalue weighted by Crippen LogP contribution is -2.43. The van der Waals surface area contributed by atoms with Gasteiger partial charge in [0.15, 0.2) is 0 Å². The van der Waals surface area contributed by atoms with Gasteiger partial charge in [0.1, 0.15) is 0 Å². The minimum Gasteiger partial charge on any atom is -0.383 e. The van der Waals surface area contributed by atoms with Crippen molar-refractivity contribution in [1.82, 2.24) is 15.5 Å². The summed E-state index contributed by atoms with van der Waals surface area (Å²) in [5, 5.41) is 5.36. The number of carbonyl (C=O) groups excluding carboxylic acids is 2. The van der Waals surface area contributed by atoms with E-state index < -0.39 is 0 Å². The lowest BCUT2D eigenvalue weighted by molar-refractivity contribution is -0.130. The van der Waals surface area contributed by atoms with E-state index in [1.807, 2.05) is 20.8 Å². The van der Waals surface area contributed by atoms with Gasteiger partial charge >= 0.3 is 6.03 Å². The molecular formula is C12H25N3O3. The largest absolute Gasteiger partial charge is 0.383 e. The standard InChI is InChI=1S/C12H25N3O3/c1-5-15(6-2)11(16)7-8-13-12(17)14-10(3)9-18-4/h10H,5-9H2,1-4H3,(H2,13,14,17). The molecule has 0 bridgehead atoms. The van der Waals surface area contributed by atoms with Gasteiger partial charge in [-0.1, -0.05) is 0 Å². The van der Waals surface area contributed by atoms with Gasteiger partial charge in [0.25, 0.3) is 0 Å². The summed E-state index contributed by atoms with van der Waals surface area (Å²) < 4.78 is 4.90. The summed E-state index contributed by atoms with van der Waals surface area (Å²) in [7, 11) is 1.58. The van der Waals surface area contributed by atoms with Crippen LogP contribution in [0.1, 0.15) is 27.2 Å². The predicted molar refractivity (Wildman–Crippen MR) is 70.4 cm³/mol. The van der Waals surface area contributed by atoms with Crippen LogP contribution in [0.3, 0.4) is 0 Å². The number of hydrogen-bond acceptors (Lipinski definition) is 3. The number of nitrogens with zero attached hydrogens (tertiary/aromatic N) is 1. The number of hydrogen-bond donors (Lipinski definition) is 2. The molecule has 0 aliphatic carbocycles. The average Bonchev–Trinajstić information content (AvgIpc) is 2.30. The van der Waals surface area contributed by atoms with E-state index in [1.165, 1.54) is 0 Å². The molecule has 18 heavy (non-hydrogen) atoms. The van der Waals surface area contributed by atoms with E-state index in [2.05, 4.69) is 10.6 Å². The monoisotopic (exact) mass is 259 g/mol. The first kappa shape index (κ1) is 16.7. The fraction of sp³-hybridized carbons (Fsp3) is 0.833. The molecule has 2 N–H and O–H groups in total. The molecule has 1 unspecified atom stereocenters. The molecule has 0 radical (unpaired) electrons. The minimum absolute atomic E-state index is 0.0477. The van der Waals surface area contributed by atoms with Crippen molar-refractivity contribution in [1.29, 1.82) is 0 Å². The number of rotatable bonds is 8. The molecule has 0 rings (SSSR count). The second-order valence-corrected chi connectivity index (χ2v) is 4.07. The van der Waals surface area contributed by atoms with Crippen LogP contribution in [-0.4, -0.2) is 56.2 Å². The highest BCUT2D eigenvalue weighted by Gasteiger charge is 2.10. The second kappa shape index (κ2) is 9.70. The number of ether oxygens (including phenoxy) is 1. The Kier molecular flexibility index (Phi) is 9.00. The fourth-order valence-corrected chi connectivity index (χ4v) is 1.58. The summed E-state index contributed by atoms with van der Waals surface area (Å²) in [4.78, 5) is 24.8. The van der Waals surface area contributed by atoms with E-state index in [1.54, 1.807) is 12.0 Å². The smallest absolute Gasteiger partial charge is 0.315 e. The van der Waals surface area contributed by atoms with Crippen molar-refractivity contribution in [3.8, 4) is 0 Å². The SMILES string of the molecule is CCN(CC)C(=O)CCNC(=O)NC(C)COC. The third-order valence-electron chi connectivity index (χ3n) is 2.53. The third-order valence-corrected chi connectivity index (χ3v) is 2.53. The predicted octanol–water partition coefficient (Wildman–Crippen LogP) is 0.579. The van der Waals surface area contributed by atoms with E-state index >= 15 is 0 Å². The summed E-state index contributed by atoms with van der Waals surface area (Å²) in [6.07, 6.45) is 0.327. The van der Waals surface area contributed by atoms with Gasteiger partial charge in [-0.15, -0.1) is 0 Å². The molecule has 0 aromatic heterocycles. The van der Waals surface area contributed by atoms with E-state index in [4.69, 9.17) is 4.74 Å². The Morgan fingerprint density at radius 2 is 1.89 bits per heavy atom. The van der Waals surface area contributed by atoms with Crippen LogP contribution in [0, 0.1) is 0 Å². The molecule has 0 aromatic carbocycles. The van der Waals surface area contributed by atoms with E-state index in [0.717, 1.165) is 0 Å². The molecule has 1 atom stereocenters. The average molecular weight is 259 g/mol. The molecule has 106 valence electrons. The third kappa shape index (κ3) is 7.11. The number of carbonyl (C=O) groups is 2. The number of amides is 3. The van der Waals surface area contributed by atoms with Crippen LogP contribution in [0.5, 0.6) is 0 Å². The molecule has 0 spiro atoms. The van der Waals surface area contributed by atoms with Crippen molar-refractivity contribution in [2.75, 3.05) is 33.4 Å². The Balaban J connectivity index is 3.77. The lowest BCUT2D eigenvalue weighted by atomic mass is 10.3. The number of nitrogens with one attached hydrogen (secondary N) is 2. The van der Waals surface area contributed by atoms with Crippen molar-refractivity contribution < 1.29 is 14.3 Å². The highest BCUT2D eigenvalue weighted by molar-refractivity contribution is 5.78. The molecule has 0 saturated carbocycles. The first-order valence-corrected chi connectivity index (χ1v) is 6.36.